The summed E-state index contributed by atoms with van der Waals surface area (Å²) >= 11 is 0. The number of hydrogen-bond donors (Lipinski definition) is 6. The standard InChI is InChI=1S/C30H37N7O5/c1-17(38)34-26-16-19-10-12-23-21(15-19)20-14-18(9-11-22(20)35-23)6-3-4-7-25(29(41)42-2)37-27(39)24(36-28(26)40)8-5-13-33-30(31)32/h3-4,9-12,14-15,24-26,35H,5-8,13,16H2,1-2H3,(H,34,38)(H,36,40)(H,37,39)(H4,31,32,33)/b4-3+/t24-,25-,26?/m1/s1. The first-order valence-electron chi connectivity index (χ1n) is 13.8. The number of aromatic amines is 1. The summed E-state index contributed by atoms with van der Waals surface area (Å²) in [6, 6.07) is 9.10. The predicted molar refractivity (Wildman–Crippen MR) is 160 cm³/mol. The normalized spacial score (nSPS) is 20.5. The van der Waals surface area contributed by atoms with E-state index in [0.717, 1.165) is 32.9 Å². The Kier molecular flexibility index (Phi) is 9.79. The highest BCUT2D eigenvalue weighted by molar-refractivity contribution is 6.07. The third-order valence-electron chi connectivity index (χ3n) is 7.13. The van der Waals surface area contributed by atoms with Crippen LogP contribution in [0.25, 0.3) is 21.8 Å². The number of guanidine groups is 1. The van der Waals surface area contributed by atoms with Gasteiger partial charge in [0.05, 0.1) is 7.11 Å². The quantitative estimate of drug-likeness (QED) is 0.0831. The summed E-state index contributed by atoms with van der Waals surface area (Å²) in [6.07, 6.45) is 5.34. The molecule has 1 aromatic heterocycles. The van der Waals surface area contributed by atoms with Gasteiger partial charge in [0.15, 0.2) is 5.96 Å². The summed E-state index contributed by atoms with van der Waals surface area (Å²) in [5.41, 5.74) is 14.7. The summed E-state index contributed by atoms with van der Waals surface area (Å²) in [5.74, 6) is -2.19. The number of H-pyrrole nitrogens is 1. The molecule has 8 N–H and O–H groups in total. The molecule has 0 saturated heterocycles. The first-order chi connectivity index (χ1) is 20.1. The van der Waals surface area contributed by atoms with Crippen molar-refractivity contribution in [2.24, 2.45) is 16.5 Å². The molecule has 3 atom stereocenters. The van der Waals surface area contributed by atoms with Crippen molar-refractivity contribution in [2.75, 3.05) is 13.7 Å². The minimum atomic E-state index is -1.02. The van der Waals surface area contributed by atoms with Gasteiger partial charge in [0.2, 0.25) is 17.7 Å². The predicted octanol–water partition coefficient (Wildman–Crippen LogP) is 1.07. The SMILES string of the molecule is COC(=O)[C@H]1C/C=C/Cc2ccc3[nH]c4ccc(cc4c3c2)CC(NC(C)=O)C(=O)N[C@H](CCCN=C(N)N)C(=O)N1. The number of amides is 3. The Morgan fingerprint density at radius 2 is 1.69 bits per heavy atom. The molecule has 4 rings (SSSR count). The van der Waals surface area contributed by atoms with Gasteiger partial charge in [0.25, 0.3) is 0 Å². The molecule has 1 unspecified atom stereocenters. The molecule has 0 saturated carbocycles. The second-order valence-corrected chi connectivity index (χ2v) is 10.3. The summed E-state index contributed by atoms with van der Waals surface area (Å²) < 4.78 is 4.92. The number of nitrogens with one attached hydrogen (secondary N) is 4. The van der Waals surface area contributed by atoms with Crippen LogP contribution in [0.15, 0.2) is 53.5 Å². The second kappa shape index (κ2) is 13.7. The van der Waals surface area contributed by atoms with E-state index in [4.69, 9.17) is 16.2 Å². The van der Waals surface area contributed by atoms with E-state index in [0.29, 0.717) is 12.8 Å². The van der Waals surface area contributed by atoms with E-state index >= 15 is 0 Å². The number of carbonyl (C=O) groups is 4. The van der Waals surface area contributed by atoms with Gasteiger partial charge in [-0.25, -0.2) is 4.79 Å². The molecular weight excluding hydrogens is 538 g/mol. The number of benzene rings is 2. The van der Waals surface area contributed by atoms with E-state index in [9.17, 15) is 19.2 Å². The first-order valence-corrected chi connectivity index (χ1v) is 13.8. The Balaban J connectivity index is 1.72. The van der Waals surface area contributed by atoms with E-state index in [1.807, 2.05) is 42.5 Å². The second-order valence-electron chi connectivity index (χ2n) is 10.3. The molecule has 4 bridgehead atoms. The molecule has 0 aliphatic carbocycles. The average Bonchev–Trinajstić information content (AvgIpc) is 3.31. The summed E-state index contributed by atoms with van der Waals surface area (Å²) in [7, 11) is 1.25. The molecule has 0 fully saturated rings. The lowest BCUT2D eigenvalue weighted by Crippen LogP contribution is -2.56. The van der Waals surface area contributed by atoms with Crippen molar-refractivity contribution >= 4 is 51.5 Å². The van der Waals surface area contributed by atoms with Crippen molar-refractivity contribution in [3.8, 4) is 0 Å². The van der Waals surface area contributed by atoms with Gasteiger partial charge < -0.3 is 37.1 Å². The van der Waals surface area contributed by atoms with Crippen LogP contribution in [0, 0.1) is 0 Å². The number of fused-ring (bicyclic) bond motifs is 2. The fraction of sp³-hybridized carbons (Fsp3) is 0.367. The highest BCUT2D eigenvalue weighted by Crippen LogP contribution is 2.28. The molecule has 1 aliphatic rings. The smallest absolute Gasteiger partial charge is 0.328 e. The van der Waals surface area contributed by atoms with Crippen molar-refractivity contribution in [1.82, 2.24) is 20.9 Å². The minimum absolute atomic E-state index is 0.0840. The number of carbonyl (C=O) groups excluding carboxylic acids is 4. The number of hydrogen-bond acceptors (Lipinski definition) is 6. The maximum atomic E-state index is 13.5. The molecule has 2 heterocycles. The molecule has 222 valence electrons. The van der Waals surface area contributed by atoms with E-state index in [1.54, 1.807) is 0 Å². The van der Waals surface area contributed by atoms with Crippen LogP contribution in [0.1, 0.15) is 37.3 Å². The topological polar surface area (TPSA) is 194 Å². The van der Waals surface area contributed by atoms with Crippen LogP contribution < -0.4 is 27.4 Å². The highest BCUT2D eigenvalue weighted by atomic mass is 16.5. The number of rotatable bonds is 6. The van der Waals surface area contributed by atoms with Gasteiger partial charge in [-0.3, -0.25) is 19.4 Å². The fourth-order valence-electron chi connectivity index (χ4n) is 5.06. The van der Waals surface area contributed by atoms with E-state index in [1.165, 1.54) is 14.0 Å². The maximum Gasteiger partial charge on any atom is 0.328 e. The number of nitrogens with two attached hydrogens (primary N) is 2. The Hall–Kier alpha value is -4.87. The Morgan fingerprint density at radius 1 is 1.00 bits per heavy atom. The van der Waals surface area contributed by atoms with Gasteiger partial charge in [0.1, 0.15) is 18.1 Å². The van der Waals surface area contributed by atoms with Crippen LogP contribution >= 0.6 is 0 Å². The van der Waals surface area contributed by atoms with Crippen molar-refractivity contribution < 1.29 is 23.9 Å². The molecule has 3 amide bonds. The number of ether oxygens (including phenoxy) is 1. The Morgan fingerprint density at radius 3 is 2.36 bits per heavy atom. The highest BCUT2D eigenvalue weighted by Gasteiger charge is 2.29. The zero-order valence-electron chi connectivity index (χ0n) is 23.7. The maximum absolute atomic E-state index is 13.5. The Labute approximate surface area is 243 Å². The molecule has 42 heavy (non-hydrogen) atoms. The van der Waals surface area contributed by atoms with Gasteiger partial charge in [-0.2, -0.15) is 0 Å². The molecule has 0 radical (unpaired) electrons. The largest absolute Gasteiger partial charge is 0.467 e. The van der Waals surface area contributed by atoms with Crippen molar-refractivity contribution in [3.63, 3.8) is 0 Å². The van der Waals surface area contributed by atoms with Crippen LogP contribution in [0.5, 0.6) is 0 Å². The van der Waals surface area contributed by atoms with Gasteiger partial charge in [-0.1, -0.05) is 24.3 Å². The van der Waals surface area contributed by atoms with Crippen LogP contribution in [0.3, 0.4) is 0 Å². The van der Waals surface area contributed by atoms with Gasteiger partial charge in [0, 0.05) is 41.7 Å². The zero-order valence-corrected chi connectivity index (χ0v) is 23.7. The zero-order chi connectivity index (χ0) is 30.2. The van der Waals surface area contributed by atoms with Crippen molar-refractivity contribution in [3.05, 3.63) is 59.7 Å². The molecule has 12 nitrogen and oxygen atoms in total. The average molecular weight is 576 g/mol. The molecule has 1 aliphatic heterocycles. The minimum Gasteiger partial charge on any atom is -0.467 e. The Bertz CT molecular complexity index is 1540. The van der Waals surface area contributed by atoms with Crippen LogP contribution in [0.4, 0.5) is 0 Å². The lowest BCUT2D eigenvalue weighted by atomic mass is 10.0. The monoisotopic (exact) mass is 575 g/mol. The first kappa shape index (κ1) is 30.1. The third-order valence-corrected chi connectivity index (χ3v) is 7.13. The van der Waals surface area contributed by atoms with Crippen LogP contribution in [-0.4, -0.2) is 66.4 Å². The fourth-order valence-corrected chi connectivity index (χ4v) is 5.06. The van der Waals surface area contributed by atoms with Crippen molar-refractivity contribution in [1.29, 1.82) is 0 Å². The molecular formula is C30H37N7O5. The summed E-state index contributed by atoms with van der Waals surface area (Å²) in [5, 5.41) is 10.2. The third kappa shape index (κ3) is 7.65. The molecule has 2 aromatic carbocycles. The van der Waals surface area contributed by atoms with E-state index in [2.05, 4.69) is 32.0 Å². The summed E-state index contributed by atoms with van der Waals surface area (Å²) in [4.78, 5) is 58.9. The van der Waals surface area contributed by atoms with Gasteiger partial charge in [-0.15, -0.1) is 0 Å². The number of methoxy groups -OCH3 is 1. The molecule has 12 heteroatoms. The summed E-state index contributed by atoms with van der Waals surface area (Å²) in [6.45, 7) is 1.57. The van der Waals surface area contributed by atoms with Gasteiger partial charge >= 0.3 is 5.97 Å². The molecule has 3 aromatic rings. The lowest BCUT2D eigenvalue weighted by molar-refractivity contribution is -0.145. The van der Waals surface area contributed by atoms with Gasteiger partial charge in [-0.05, 0) is 61.1 Å². The van der Waals surface area contributed by atoms with E-state index < -0.39 is 35.9 Å². The number of aromatic nitrogens is 1. The number of esters is 1. The van der Waals surface area contributed by atoms with Crippen molar-refractivity contribution in [2.45, 2.75) is 57.2 Å². The number of aliphatic imine (C=N–C) groups is 1. The number of allylic oxidation sites excluding steroid dienone is 1. The van der Waals surface area contributed by atoms with Crippen LogP contribution in [0.2, 0.25) is 0 Å². The van der Waals surface area contributed by atoms with Crippen LogP contribution in [-0.2, 0) is 36.8 Å². The van der Waals surface area contributed by atoms with E-state index in [-0.39, 0.29) is 37.7 Å². The lowest BCUT2D eigenvalue weighted by Gasteiger charge is -2.24. The number of nitrogens with zero attached hydrogens (tertiary/aromatic N) is 1. The molecule has 0 spiro atoms.